The summed E-state index contributed by atoms with van der Waals surface area (Å²) in [5.41, 5.74) is 2.14. The molecule has 5 nitrogen and oxygen atoms in total. The topological polar surface area (TPSA) is 55.2 Å². The number of hydrogen-bond acceptors (Lipinski definition) is 4. The minimum Gasteiger partial charge on any atom is -0.497 e. The van der Waals surface area contributed by atoms with Crippen molar-refractivity contribution < 1.29 is 4.74 Å². The third-order valence-electron chi connectivity index (χ3n) is 4.37. The molecule has 4 rings (SSSR count). The van der Waals surface area contributed by atoms with Crippen LogP contribution >= 0.6 is 12.2 Å². The van der Waals surface area contributed by atoms with Gasteiger partial charge in [-0.3, -0.25) is 5.10 Å². The Balaban J connectivity index is 1.65. The Labute approximate surface area is 161 Å². The molecule has 1 heterocycles. The summed E-state index contributed by atoms with van der Waals surface area (Å²) in [5, 5.41) is 14.1. The van der Waals surface area contributed by atoms with Crippen LogP contribution in [0.2, 0.25) is 0 Å². The Hall–Kier alpha value is -3.25. The van der Waals surface area contributed by atoms with Gasteiger partial charge in [-0.15, -0.1) is 0 Å². The van der Waals surface area contributed by atoms with Crippen molar-refractivity contribution in [3.8, 4) is 5.75 Å². The van der Waals surface area contributed by atoms with E-state index >= 15 is 0 Å². The predicted molar refractivity (Wildman–Crippen MR) is 110 cm³/mol. The maximum absolute atomic E-state index is 5.35. The highest BCUT2D eigenvalue weighted by Gasteiger charge is 2.07. The summed E-state index contributed by atoms with van der Waals surface area (Å²) >= 11 is 5.35. The van der Waals surface area contributed by atoms with E-state index in [0.717, 1.165) is 28.1 Å². The number of fused-ring (bicyclic) bond motifs is 1. The van der Waals surface area contributed by atoms with Crippen LogP contribution in [0.1, 0.15) is 17.0 Å². The van der Waals surface area contributed by atoms with Crippen LogP contribution in [0.5, 0.6) is 5.75 Å². The fourth-order valence-corrected chi connectivity index (χ4v) is 3.16. The highest BCUT2D eigenvalue weighted by Crippen LogP contribution is 2.17. The van der Waals surface area contributed by atoms with E-state index in [1.54, 1.807) is 11.8 Å². The minimum absolute atomic E-state index is 0.468. The molecular weight excluding hydrogens is 356 g/mol. The molecule has 3 aromatic carbocycles. The molecule has 0 aliphatic carbocycles. The number of benzene rings is 3. The average molecular weight is 374 g/mol. The van der Waals surface area contributed by atoms with E-state index in [9.17, 15) is 0 Å². The van der Waals surface area contributed by atoms with Gasteiger partial charge >= 0.3 is 0 Å². The van der Waals surface area contributed by atoms with Crippen molar-refractivity contribution >= 4 is 29.2 Å². The third-order valence-corrected chi connectivity index (χ3v) is 4.64. The Kier molecular flexibility index (Phi) is 4.80. The van der Waals surface area contributed by atoms with Crippen molar-refractivity contribution in [3.63, 3.8) is 0 Å². The van der Waals surface area contributed by atoms with Crippen LogP contribution in [-0.4, -0.2) is 28.2 Å². The van der Waals surface area contributed by atoms with Crippen molar-refractivity contribution in [1.82, 2.24) is 14.9 Å². The molecule has 0 amide bonds. The summed E-state index contributed by atoms with van der Waals surface area (Å²) in [6.45, 7) is 0. The maximum atomic E-state index is 5.35. The van der Waals surface area contributed by atoms with Gasteiger partial charge in [0.05, 0.1) is 13.3 Å². The zero-order valence-electron chi connectivity index (χ0n) is 14.8. The normalized spacial score (nSPS) is 11.3. The smallest absolute Gasteiger partial charge is 0.216 e. The molecule has 0 bridgehead atoms. The third kappa shape index (κ3) is 3.66. The Bertz CT molecular complexity index is 1150. The molecule has 4 aromatic rings. The zero-order chi connectivity index (χ0) is 18.6. The minimum atomic E-state index is 0.468. The molecule has 1 aromatic heterocycles. The molecule has 0 radical (unpaired) electrons. The van der Waals surface area contributed by atoms with E-state index in [4.69, 9.17) is 17.0 Å². The Morgan fingerprint density at radius 2 is 1.85 bits per heavy atom. The highest BCUT2D eigenvalue weighted by atomic mass is 32.1. The average Bonchev–Trinajstić information content (AvgIpc) is 3.06. The van der Waals surface area contributed by atoms with E-state index in [-0.39, 0.29) is 0 Å². The fourth-order valence-electron chi connectivity index (χ4n) is 2.97. The van der Waals surface area contributed by atoms with Gasteiger partial charge in [0.1, 0.15) is 5.75 Å². The second-order valence-electron chi connectivity index (χ2n) is 6.09. The molecule has 1 N–H and O–H groups in total. The lowest BCUT2D eigenvalue weighted by molar-refractivity contribution is 0.414. The van der Waals surface area contributed by atoms with Gasteiger partial charge in [0, 0.05) is 12.0 Å². The van der Waals surface area contributed by atoms with Gasteiger partial charge in [-0.2, -0.15) is 14.9 Å². The number of methoxy groups -OCH3 is 1. The lowest BCUT2D eigenvalue weighted by Gasteiger charge is -2.04. The quantitative estimate of drug-likeness (QED) is 0.411. The second kappa shape index (κ2) is 7.55. The van der Waals surface area contributed by atoms with Gasteiger partial charge in [-0.1, -0.05) is 54.6 Å². The highest BCUT2D eigenvalue weighted by molar-refractivity contribution is 7.71. The second-order valence-corrected chi connectivity index (χ2v) is 6.48. The lowest BCUT2D eigenvalue weighted by Crippen LogP contribution is -2.00. The first-order chi connectivity index (χ1) is 13.2. The summed E-state index contributed by atoms with van der Waals surface area (Å²) in [6, 6.07) is 22.3. The van der Waals surface area contributed by atoms with E-state index in [2.05, 4.69) is 33.5 Å². The molecular formula is C21H18N4OS. The van der Waals surface area contributed by atoms with Crippen LogP contribution in [0.3, 0.4) is 0 Å². The van der Waals surface area contributed by atoms with Gasteiger partial charge in [-0.05, 0) is 40.7 Å². The van der Waals surface area contributed by atoms with Crippen LogP contribution in [0, 0.1) is 4.77 Å². The summed E-state index contributed by atoms with van der Waals surface area (Å²) in [4.78, 5) is 0. The first kappa shape index (κ1) is 17.2. The summed E-state index contributed by atoms with van der Waals surface area (Å²) in [5.74, 6) is 1.58. The van der Waals surface area contributed by atoms with Crippen LogP contribution in [0.25, 0.3) is 10.8 Å². The van der Waals surface area contributed by atoms with Gasteiger partial charge in [0.2, 0.25) is 4.77 Å². The monoisotopic (exact) mass is 374 g/mol. The van der Waals surface area contributed by atoms with Gasteiger partial charge < -0.3 is 4.74 Å². The molecule has 0 fully saturated rings. The van der Waals surface area contributed by atoms with Gasteiger partial charge in [-0.25, -0.2) is 0 Å². The first-order valence-corrected chi connectivity index (χ1v) is 8.97. The molecule has 0 unspecified atom stereocenters. The Morgan fingerprint density at radius 1 is 1.07 bits per heavy atom. The zero-order valence-corrected chi connectivity index (χ0v) is 15.6. The largest absolute Gasteiger partial charge is 0.497 e. The molecule has 134 valence electrons. The van der Waals surface area contributed by atoms with Crippen LogP contribution in [0.15, 0.2) is 71.8 Å². The molecule has 0 atom stereocenters. The fraction of sp³-hybridized carbons (Fsp3) is 0.0952. The van der Waals surface area contributed by atoms with E-state index < -0.39 is 0 Å². The molecule has 6 heteroatoms. The molecule has 0 saturated carbocycles. The number of ether oxygens (including phenoxy) is 1. The SMILES string of the molecule is COc1ccc(Cc2n[nH]c(=S)n2/N=C\c2cccc3ccccc23)cc1. The van der Waals surface area contributed by atoms with Gasteiger partial charge in [0.15, 0.2) is 5.82 Å². The van der Waals surface area contributed by atoms with Crippen molar-refractivity contribution in [2.45, 2.75) is 6.42 Å². The molecule has 0 aliphatic rings. The van der Waals surface area contributed by atoms with E-state index in [1.165, 1.54) is 5.39 Å². The standard InChI is InChI=1S/C21H18N4OS/c1-26-18-11-9-15(10-12-18)13-20-23-24-21(27)25(20)22-14-17-7-4-6-16-5-2-3-8-19(16)17/h2-12,14H,13H2,1H3,(H,24,27)/b22-14-. The number of rotatable bonds is 5. The van der Waals surface area contributed by atoms with Crippen molar-refractivity contribution in [1.29, 1.82) is 0 Å². The van der Waals surface area contributed by atoms with Crippen molar-refractivity contribution in [2.75, 3.05) is 7.11 Å². The Morgan fingerprint density at radius 3 is 2.67 bits per heavy atom. The summed E-state index contributed by atoms with van der Waals surface area (Å²) in [7, 11) is 1.65. The predicted octanol–water partition coefficient (Wildman–Crippen LogP) is 4.58. The number of aromatic amines is 1. The molecule has 27 heavy (non-hydrogen) atoms. The van der Waals surface area contributed by atoms with E-state index in [1.807, 2.05) is 54.7 Å². The molecule has 0 saturated heterocycles. The van der Waals surface area contributed by atoms with Crippen LogP contribution in [0.4, 0.5) is 0 Å². The number of nitrogens with one attached hydrogen (secondary N) is 1. The number of aromatic nitrogens is 3. The number of nitrogens with zero attached hydrogens (tertiary/aromatic N) is 3. The van der Waals surface area contributed by atoms with Gasteiger partial charge in [0.25, 0.3) is 0 Å². The first-order valence-electron chi connectivity index (χ1n) is 8.56. The number of H-pyrrole nitrogens is 1. The van der Waals surface area contributed by atoms with E-state index in [0.29, 0.717) is 11.2 Å². The molecule has 0 aliphatic heterocycles. The van der Waals surface area contributed by atoms with Crippen LogP contribution in [-0.2, 0) is 6.42 Å². The van der Waals surface area contributed by atoms with Crippen molar-refractivity contribution in [2.24, 2.45) is 5.10 Å². The number of hydrogen-bond donors (Lipinski definition) is 1. The maximum Gasteiger partial charge on any atom is 0.216 e. The van der Waals surface area contributed by atoms with Crippen molar-refractivity contribution in [3.05, 3.63) is 88.5 Å². The summed E-state index contributed by atoms with van der Waals surface area (Å²) < 4.78 is 7.34. The molecule has 0 spiro atoms. The van der Waals surface area contributed by atoms with Crippen LogP contribution < -0.4 is 4.74 Å². The summed E-state index contributed by atoms with van der Waals surface area (Å²) in [6.07, 6.45) is 2.44. The lowest BCUT2D eigenvalue weighted by atomic mass is 10.1.